The van der Waals surface area contributed by atoms with Crippen LogP contribution in [0.3, 0.4) is 0 Å². The van der Waals surface area contributed by atoms with E-state index in [-0.39, 0.29) is 18.9 Å². The minimum atomic E-state index is -1.80. The molecule has 12 atom stereocenters. The van der Waals surface area contributed by atoms with Gasteiger partial charge in [-0.2, -0.15) is 0 Å². The van der Waals surface area contributed by atoms with Gasteiger partial charge in [-0.3, -0.25) is 4.79 Å². The Labute approximate surface area is 632 Å². The Hall–Kier alpha value is -2.31. The number of aliphatic hydroxyl groups excluding tert-OH is 8. The number of ether oxygens (including phenoxy) is 4. The Morgan fingerprint density at radius 1 is 0.350 bits per heavy atom. The van der Waals surface area contributed by atoms with Gasteiger partial charge in [0.2, 0.25) is 5.91 Å². The number of unbranched alkanes of at least 4 members (excludes halogenated alkanes) is 54. The molecule has 1 amide bonds. The highest BCUT2D eigenvalue weighted by molar-refractivity contribution is 5.76. The highest BCUT2D eigenvalue weighted by Crippen LogP contribution is 2.30. The molecule has 103 heavy (non-hydrogen) atoms. The van der Waals surface area contributed by atoms with Crippen LogP contribution in [0.15, 0.2) is 60.8 Å². The number of amides is 1. The van der Waals surface area contributed by atoms with Crippen molar-refractivity contribution in [3.8, 4) is 0 Å². The Morgan fingerprint density at radius 3 is 1.01 bits per heavy atom. The fraction of sp³-hybridized carbons (Fsp3) is 0.876. The molecule has 0 bridgehead atoms. The van der Waals surface area contributed by atoms with E-state index in [9.17, 15) is 45.6 Å². The zero-order valence-corrected chi connectivity index (χ0v) is 66.6. The topological polar surface area (TPSA) is 228 Å². The molecule has 0 spiro atoms. The lowest BCUT2D eigenvalue weighted by Gasteiger charge is -2.46. The molecule has 604 valence electrons. The zero-order chi connectivity index (χ0) is 74.4. The number of rotatable bonds is 75. The van der Waals surface area contributed by atoms with Crippen molar-refractivity contribution in [2.24, 2.45) is 0 Å². The van der Waals surface area contributed by atoms with Gasteiger partial charge in [0, 0.05) is 6.42 Å². The molecular formula is C89H165NO13. The number of carbonyl (C=O) groups excluding carboxylic acids is 1. The smallest absolute Gasteiger partial charge is 0.220 e. The average Bonchev–Trinajstić information content (AvgIpc) is 0.791. The average molecular weight is 1460 g/mol. The fourth-order valence-corrected chi connectivity index (χ4v) is 14.5. The Balaban J connectivity index is 1.59. The molecular weight excluding hydrogens is 1290 g/mol. The van der Waals surface area contributed by atoms with Gasteiger partial charge >= 0.3 is 0 Å². The van der Waals surface area contributed by atoms with Crippen LogP contribution in [0, 0.1) is 0 Å². The van der Waals surface area contributed by atoms with E-state index >= 15 is 0 Å². The molecule has 0 aliphatic carbocycles. The Morgan fingerprint density at radius 2 is 0.650 bits per heavy atom. The van der Waals surface area contributed by atoms with E-state index < -0.39 is 86.8 Å². The standard InChI is InChI=1S/C89H165NO13/c1-3-5-7-9-11-13-15-17-19-21-23-25-27-29-31-33-35-37-38-39-40-41-43-45-47-49-51-53-55-57-59-61-63-65-67-69-71-73-81(94)90-77(76-100-88-86(99)84(97)87(80(75-92)102-88)103-89-85(98)83(96)82(95)79(74-91)101-89)78(93)72-70-68-66-64-62-60-58-56-54-52-50-48-46-44-42-36-34-32-30-28-26-24-22-20-18-16-14-12-10-8-6-4-2/h15,17,21,23,54,56,62,64,70,72,77-80,82-89,91-93,95-99H,3-14,16,18-20,22,24-53,55,57-61,63,65-69,71,73-76H2,1-2H3,(H,90,94)/b17-15-,23-21-,56-54+,64-62+,72-70+. The van der Waals surface area contributed by atoms with E-state index in [0.29, 0.717) is 12.8 Å². The maximum Gasteiger partial charge on any atom is 0.220 e. The molecule has 2 heterocycles. The lowest BCUT2D eigenvalue weighted by Crippen LogP contribution is -2.65. The monoisotopic (exact) mass is 1460 g/mol. The summed E-state index contributed by atoms with van der Waals surface area (Å²) in [7, 11) is 0. The molecule has 0 aromatic heterocycles. The van der Waals surface area contributed by atoms with Gasteiger partial charge in [-0.25, -0.2) is 0 Å². The first-order valence-electron chi connectivity index (χ1n) is 44.0. The van der Waals surface area contributed by atoms with Crippen LogP contribution in [-0.2, 0) is 23.7 Å². The molecule has 2 aliphatic heterocycles. The summed E-state index contributed by atoms with van der Waals surface area (Å²) < 4.78 is 22.9. The number of aliphatic hydroxyl groups is 8. The van der Waals surface area contributed by atoms with E-state index in [1.165, 1.54) is 321 Å². The van der Waals surface area contributed by atoms with Crippen LogP contribution in [0.1, 0.15) is 406 Å². The van der Waals surface area contributed by atoms with Crippen molar-refractivity contribution in [3.63, 3.8) is 0 Å². The number of hydrogen-bond donors (Lipinski definition) is 9. The van der Waals surface area contributed by atoms with Crippen LogP contribution in [0.2, 0.25) is 0 Å². The summed E-state index contributed by atoms with van der Waals surface area (Å²) in [6, 6.07) is -0.941. The van der Waals surface area contributed by atoms with Gasteiger partial charge < -0.3 is 65.1 Å². The van der Waals surface area contributed by atoms with E-state index in [1.54, 1.807) is 6.08 Å². The number of hydrogen-bond acceptors (Lipinski definition) is 13. The normalized spacial score (nSPS) is 21.8. The summed E-state index contributed by atoms with van der Waals surface area (Å²) >= 11 is 0. The minimum Gasteiger partial charge on any atom is -0.394 e. The van der Waals surface area contributed by atoms with Crippen LogP contribution < -0.4 is 5.32 Å². The van der Waals surface area contributed by atoms with Crippen LogP contribution in [-0.4, -0.2) is 140 Å². The quantitative estimate of drug-likeness (QED) is 0.0204. The molecule has 2 fully saturated rings. The van der Waals surface area contributed by atoms with Gasteiger partial charge in [-0.15, -0.1) is 0 Å². The van der Waals surface area contributed by atoms with Crippen molar-refractivity contribution in [2.75, 3.05) is 19.8 Å². The van der Waals surface area contributed by atoms with Gasteiger partial charge in [0.05, 0.1) is 32.0 Å². The van der Waals surface area contributed by atoms with Crippen molar-refractivity contribution in [1.29, 1.82) is 0 Å². The minimum absolute atomic E-state index is 0.246. The predicted octanol–water partition coefficient (Wildman–Crippen LogP) is 21.1. The van der Waals surface area contributed by atoms with E-state index in [1.807, 2.05) is 6.08 Å². The first-order chi connectivity index (χ1) is 50.6. The van der Waals surface area contributed by atoms with Gasteiger partial charge in [0.1, 0.15) is 48.8 Å². The number of allylic oxidation sites excluding steroid dienone is 9. The van der Waals surface area contributed by atoms with Gasteiger partial charge in [0.15, 0.2) is 12.6 Å². The van der Waals surface area contributed by atoms with Gasteiger partial charge in [-0.1, -0.05) is 383 Å². The van der Waals surface area contributed by atoms with Crippen molar-refractivity contribution < 1.29 is 64.6 Å². The van der Waals surface area contributed by atoms with Crippen molar-refractivity contribution in [2.45, 2.75) is 479 Å². The van der Waals surface area contributed by atoms with Crippen LogP contribution in [0.4, 0.5) is 0 Å². The maximum absolute atomic E-state index is 13.4. The van der Waals surface area contributed by atoms with Gasteiger partial charge in [-0.05, 0) is 77.0 Å². The highest BCUT2D eigenvalue weighted by Gasteiger charge is 2.51. The molecule has 0 saturated carbocycles. The molecule has 0 aromatic rings. The first kappa shape index (κ1) is 96.8. The lowest BCUT2D eigenvalue weighted by atomic mass is 9.97. The SMILES string of the molecule is CCCCCCC/C=C\C/C=C\CCCCCCCCCCCCCCCCCCCCCCCCCCCC(=O)NC(COC1OC(CO)C(OC2OC(CO)C(O)C(O)C2O)C(O)C1O)C(O)/C=C/CC/C=C/CC/C=C/CCCCCCCCCCCCCCCCCCCCCCCC. The summed E-state index contributed by atoms with van der Waals surface area (Å²) in [5.41, 5.74) is 0. The van der Waals surface area contributed by atoms with E-state index in [4.69, 9.17) is 18.9 Å². The second kappa shape index (κ2) is 72.5. The highest BCUT2D eigenvalue weighted by atomic mass is 16.7. The summed E-state index contributed by atoms with van der Waals surface area (Å²) in [5, 5.41) is 87.8. The van der Waals surface area contributed by atoms with Crippen molar-refractivity contribution in [1.82, 2.24) is 5.32 Å². The second-order valence-electron chi connectivity index (χ2n) is 31.0. The zero-order valence-electron chi connectivity index (χ0n) is 66.6. The fourth-order valence-electron chi connectivity index (χ4n) is 14.5. The predicted molar refractivity (Wildman–Crippen MR) is 429 cm³/mol. The molecule has 9 N–H and O–H groups in total. The van der Waals surface area contributed by atoms with Crippen molar-refractivity contribution in [3.05, 3.63) is 60.8 Å². The molecule has 0 radical (unpaired) electrons. The maximum atomic E-state index is 13.4. The third-order valence-electron chi connectivity index (χ3n) is 21.4. The molecule has 14 heteroatoms. The van der Waals surface area contributed by atoms with Crippen LogP contribution >= 0.6 is 0 Å². The number of nitrogens with one attached hydrogen (secondary N) is 1. The molecule has 12 unspecified atom stereocenters. The summed E-state index contributed by atoms with van der Waals surface area (Å²) in [5.74, 6) is -0.246. The molecule has 2 aliphatic rings. The largest absolute Gasteiger partial charge is 0.394 e. The van der Waals surface area contributed by atoms with Crippen molar-refractivity contribution >= 4 is 5.91 Å². The number of carbonyl (C=O) groups is 1. The third kappa shape index (κ3) is 54.9. The van der Waals surface area contributed by atoms with Gasteiger partial charge in [0.25, 0.3) is 0 Å². The molecule has 2 saturated heterocycles. The third-order valence-corrected chi connectivity index (χ3v) is 21.4. The second-order valence-corrected chi connectivity index (χ2v) is 31.0. The Kier molecular flexibility index (Phi) is 68.2. The lowest BCUT2D eigenvalue weighted by molar-refractivity contribution is -0.359. The van der Waals surface area contributed by atoms with Crippen LogP contribution in [0.25, 0.3) is 0 Å². The van der Waals surface area contributed by atoms with E-state index in [0.717, 1.165) is 51.4 Å². The summed E-state index contributed by atoms with van der Waals surface area (Å²) in [6.45, 7) is 2.83. The molecule has 2 rings (SSSR count). The summed E-state index contributed by atoms with van der Waals surface area (Å²) in [4.78, 5) is 13.4. The van der Waals surface area contributed by atoms with E-state index in [2.05, 4.69) is 67.8 Å². The Bertz CT molecular complexity index is 1960. The molecule has 0 aromatic carbocycles. The van der Waals surface area contributed by atoms with Crippen LogP contribution in [0.5, 0.6) is 0 Å². The first-order valence-corrected chi connectivity index (χ1v) is 44.0. The summed E-state index contributed by atoms with van der Waals surface area (Å²) in [6.07, 6.45) is 83.4. The molecule has 14 nitrogen and oxygen atoms in total.